The molecular weight excluding hydrogens is 323 g/mol. The van der Waals surface area contributed by atoms with Gasteiger partial charge in [-0.05, 0) is 31.0 Å². The molecule has 0 saturated carbocycles. The Morgan fingerprint density at radius 2 is 2.16 bits per heavy atom. The van der Waals surface area contributed by atoms with Crippen molar-refractivity contribution in [1.29, 1.82) is 0 Å². The number of likely N-dealkylation sites (tertiary alicyclic amines) is 1. The van der Waals surface area contributed by atoms with Crippen LogP contribution in [0.2, 0.25) is 0 Å². The molecule has 25 heavy (non-hydrogen) atoms. The van der Waals surface area contributed by atoms with Gasteiger partial charge in [-0.25, -0.2) is 14.2 Å². The van der Waals surface area contributed by atoms with E-state index < -0.39 is 0 Å². The van der Waals surface area contributed by atoms with E-state index >= 15 is 0 Å². The van der Waals surface area contributed by atoms with Crippen LogP contribution in [0.4, 0.5) is 4.39 Å². The van der Waals surface area contributed by atoms with Gasteiger partial charge in [-0.1, -0.05) is 12.1 Å². The maximum Gasteiger partial charge on any atom is 0.345 e. The minimum Gasteiger partial charge on any atom is -0.348 e. The highest BCUT2D eigenvalue weighted by Gasteiger charge is 2.27. The Morgan fingerprint density at radius 1 is 1.28 bits per heavy atom. The van der Waals surface area contributed by atoms with Gasteiger partial charge in [0.15, 0.2) is 0 Å². The molecular formula is C18H17FN4O2. The summed E-state index contributed by atoms with van der Waals surface area (Å²) in [6, 6.07) is 8.21. The fourth-order valence-electron chi connectivity index (χ4n) is 3.44. The molecule has 1 aliphatic heterocycles. The summed E-state index contributed by atoms with van der Waals surface area (Å²) in [5, 5.41) is 0.676. The number of benzene rings is 1. The molecule has 0 spiro atoms. The van der Waals surface area contributed by atoms with Gasteiger partial charge in [-0.15, -0.1) is 0 Å². The van der Waals surface area contributed by atoms with Gasteiger partial charge in [-0.3, -0.25) is 4.79 Å². The highest BCUT2D eigenvalue weighted by molar-refractivity contribution is 5.98. The van der Waals surface area contributed by atoms with E-state index in [1.807, 2.05) is 0 Å². The zero-order chi connectivity index (χ0) is 17.4. The third kappa shape index (κ3) is 2.93. The van der Waals surface area contributed by atoms with Crippen LogP contribution in [0.5, 0.6) is 0 Å². The number of nitrogens with one attached hydrogen (secondary N) is 2. The first kappa shape index (κ1) is 15.6. The van der Waals surface area contributed by atoms with E-state index in [1.54, 1.807) is 29.2 Å². The first-order valence-electron chi connectivity index (χ1n) is 8.23. The van der Waals surface area contributed by atoms with Crippen molar-refractivity contribution in [3.63, 3.8) is 0 Å². The molecule has 1 atom stereocenters. The number of rotatable bonds is 2. The Balaban J connectivity index is 1.58. The Bertz CT molecular complexity index is 994. The van der Waals surface area contributed by atoms with Gasteiger partial charge in [-0.2, -0.15) is 0 Å². The van der Waals surface area contributed by atoms with Crippen molar-refractivity contribution in [3.8, 4) is 0 Å². The number of carbonyl (C=O) groups is 1. The largest absolute Gasteiger partial charge is 0.348 e. The standard InChI is InChI=1S/C18H17FN4O2/c19-13-5-1-3-11-9-15(21-16(11)13)17(24)23-8-2-4-12(10-23)14-6-7-20-18(25)22-14/h1,3,5-7,9,12,21H,2,4,8,10H2,(H,20,22,25). The Labute approximate surface area is 142 Å². The van der Waals surface area contributed by atoms with Gasteiger partial charge < -0.3 is 14.9 Å². The lowest BCUT2D eigenvalue weighted by Crippen LogP contribution is -2.39. The van der Waals surface area contributed by atoms with Crippen molar-refractivity contribution in [2.24, 2.45) is 0 Å². The highest BCUT2D eigenvalue weighted by atomic mass is 19.1. The molecule has 0 aliphatic carbocycles. The van der Waals surface area contributed by atoms with Gasteiger partial charge in [0.05, 0.1) is 5.52 Å². The van der Waals surface area contributed by atoms with Gasteiger partial charge in [0.1, 0.15) is 11.5 Å². The molecule has 1 amide bonds. The Morgan fingerprint density at radius 3 is 2.96 bits per heavy atom. The van der Waals surface area contributed by atoms with Gasteiger partial charge >= 0.3 is 5.69 Å². The van der Waals surface area contributed by atoms with Crippen molar-refractivity contribution in [3.05, 3.63) is 64.2 Å². The lowest BCUT2D eigenvalue weighted by Gasteiger charge is -2.32. The quantitative estimate of drug-likeness (QED) is 0.752. The van der Waals surface area contributed by atoms with Crippen molar-refractivity contribution >= 4 is 16.8 Å². The molecule has 4 rings (SSSR count). The summed E-state index contributed by atoms with van der Waals surface area (Å²) in [4.78, 5) is 35.2. The number of aromatic nitrogens is 3. The summed E-state index contributed by atoms with van der Waals surface area (Å²) in [6.45, 7) is 1.15. The minimum atomic E-state index is -0.382. The summed E-state index contributed by atoms with van der Waals surface area (Å²) in [6.07, 6.45) is 3.22. The number of piperidine rings is 1. The van der Waals surface area contributed by atoms with Gasteiger partial charge in [0.25, 0.3) is 5.91 Å². The summed E-state index contributed by atoms with van der Waals surface area (Å²) in [5.41, 5.74) is 1.13. The molecule has 1 aromatic carbocycles. The van der Waals surface area contributed by atoms with Crippen LogP contribution in [0.25, 0.3) is 10.9 Å². The molecule has 2 N–H and O–H groups in total. The number of H-pyrrole nitrogens is 2. The van der Waals surface area contributed by atoms with E-state index in [0.29, 0.717) is 29.7 Å². The van der Waals surface area contributed by atoms with Crippen LogP contribution in [0, 0.1) is 5.82 Å². The van der Waals surface area contributed by atoms with Gasteiger partial charge in [0.2, 0.25) is 0 Å². The average molecular weight is 340 g/mol. The molecule has 128 valence electrons. The zero-order valence-electron chi connectivity index (χ0n) is 13.5. The third-order valence-electron chi connectivity index (χ3n) is 4.68. The lowest BCUT2D eigenvalue weighted by molar-refractivity contribution is 0.0701. The highest BCUT2D eigenvalue weighted by Crippen LogP contribution is 2.26. The number of nitrogens with zero attached hydrogens (tertiary/aromatic N) is 2. The summed E-state index contributed by atoms with van der Waals surface area (Å²) >= 11 is 0. The summed E-state index contributed by atoms with van der Waals surface area (Å²) in [7, 11) is 0. The second-order valence-corrected chi connectivity index (χ2v) is 6.31. The van der Waals surface area contributed by atoms with Crippen LogP contribution >= 0.6 is 0 Å². The molecule has 7 heteroatoms. The second kappa shape index (κ2) is 6.16. The van der Waals surface area contributed by atoms with E-state index in [9.17, 15) is 14.0 Å². The fourth-order valence-corrected chi connectivity index (χ4v) is 3.44. The summed E-state index contributed by atoms with van der Waals surface area (Å²) in [5.74, 6) is -0.464. The van der Waals surface area contributed by atoms with Crippen molar-refractivity contribution < 1.29 is 9.18 Å². The first-order valence-corrected chi connectivity index (χ1v) is 8.23. The molecule has 1 aliphatic rings. The molecule has 1 fully saturated rings. The molecule has 3 heterocycles. The SMILES string of the molecule is O=C(c1cc2cccc(F)c2[nH]1)N1CCCC(c2ccnc(=O)[nH]2)C1. The fraction of sp³-hybridized carbons (Fsp3) is 0.278. The number of amides is 1. The Kier molecular flexibility index (Phi) is 3.83. The molecule has 0 bridgehead atoms. The number of hydrogen-bond acceptors (Lipinski definition) is 3. The molecule has 1 saturated heterocycles. The zero-order valence-corrected chi connectivity index (χ0v) is 13.5. The maximum atomic E-state index is 13.8. The average Bonchev–Trinajstić information content (AvgIpc) is 3.07. The van der Waals surface area contributed by atoms with Gasteiger partial charge in [0, 0.05) is 36.3 Å². The topological polar surface area (TPSA) is 81.8 Å². The van der Waals surface area contributed by atoms with E-state index in [4.69, 9.17) is 0 Å². The van der Waals surface area contributed by atoms with Crippen LogP contribution in [-0.2, 0) is 0 Å². The van der Waals surface area contributed by atoms with Crippen LogP contribution < -0.4 is 5.69 Å². The van der Waals surface area contributed by atoms with Crippen LogP contribution in [-0.4, -0.2) is 38.8 Å². The van der Waals surface area contributed by atoms with Crippen molar-refractivity contribution in [1.82, 2.24) is 19.9 Å². The third-order valence-corrected chi connectivity index (χ3v) is 4.68. The number of aromatic amines is 2. The molecule has 1 unspecified atom stereocenters. The number of halogens is 1. The van der Waals surface area contributed by atoms with E-state index in [0.717, 1.165) is 18.5 Å². The first-order chi connectivity index (χ1) is 12.1. The van der Waals surface area contributed by atoms with Crippen LogP contribution in [0.1, 0.15) is 34.9 Å². The number of fused-ring (bicyclic) bond motifs is 1. The maximum absolute atomic E-state index is 13.8. The smallest absolute Gasteiger partial charge is 0.345 e. The van der Waals surface area contributed by atoms with Crippen LogP contribution in [0.15, 0.2) is 41.3 Å². The monoisotopic (exact) mass is 340 g/mol. The van der Waals surface area contributed by atoms with E-state index in [1.165, 1.54) is 12.3 Å². The van der Waals surface area contributed by atoms with E-state index in [-0.39, 0.29) is 23.3 Å². The van der Waals surface area contributed by atoms with Crippen molar-refractivity contribution in [2.45, 2.75) is 18.8 Å². The molecule has 2 aromatic heterocycles. The predicted octanol–water partition coefficient (Wildman–Crippen LogP) is 2.41. The second-order valence-electron chi connectivity index (χ2n) is 6.31. The number of hydrogen-bond donors (Lipinski definition) is 2. The van der Waals surface area contributed by atoms with Crippen LogP contribution in [0.3, 0.4) is 0 Å². The predicted molar refractivity (Wildman–Crippen MR) is 91.0 cm³/mol. The van der Waals surface area contributed by atoms with Crippen molar-refractivity contribution in [2.75, 3.05) is 13.1 Å². The normalized spacial score (nSPS) is 17.8. The van der Waals surface area contributed by atoms with E-state index in [2.05, 4.69) is 15.0 Å². The Hall–Kier alpha value is -2.96. The molecule has 0 radical (unpaired) electrons. The lowest BCUT2D eigenvalue weighted by atomic mass is 9.94. The molecule has 3 aromatic rings. The minimum absolute atomic E-state index is 0.0644. The number of carbonyl (C=O) groups excluding carboxylic acids is 1. The summed E-state index contributed by atoms with van der Waals surface area (Å²) < 4.78 is 13.8. The number of para-hydroxylation sites is 1. The molecule has 6 nitrogen and oxygen atoms in total.